The van der Waals surface area contributed by atoms with Gasteiger partial charge in [-0.1, -0.05) is 23.2 Å². The van der Waals surface area contributed by atoms with Gasteiger partial charge in [-0.25, -0.2) is 0 Å². The molecule has 20 heavy (non-hydrogen) atoms. The number of aryl methyl sites for hydroxylation is 1. The molecule has 0 radical (unpaired) electrons. The Bertz CT molecular complexity index is 627. The van der Waals surface area contributed by atoms with Crippen LogP contribution in [-0.2, 0) is 6.54 Å². The largest absolute Gasteiger partial charge is 0.336 e. The summed E-state index contributed by atoms with van der Waals surface area (Å²) in [7, 11) is 1.76. The zero-order valence-electron chi connectivity index (χ0n) is 11.3. The molecule has 1 aromatic carbocycles. The van der Waals surface area contributed by atoms with Crippen molar-refractivity contribution in [2.45, 2.75) is 13.5 Å². The van der Waals surface area contributed by atoms with Gasteiger partial charge in [-0.2, -0.15) is 0 Å². The lowest BCUT2D eigenvalue weighted by Crippen LogP contribution is -2.27. The van der Waals surface area contributed by atoms with Crippen LogP contribution in [0.15, 0.2) is 30.3 Å². The molecular formula is C14H16ClN3OS. The topological polar surface area (TPSA) is 58.4 Å². The van der Waals surface area contributed by atoms with Crippen molar-refractivity contribution in [3.05, 3.63) is 50.7 Å². The second kappa shape index (κ2) is 6.26. The van der Waals surface area contributed by atoms with Crippen LogP contribution in [0.4, 0.5) is 5.69 Å². The molecule has 0 fully saturated rings. The summed E-state index contributed by atoms with van der Waals surface area (Å²) in [6.07, 6.45) is 0. The summed E-state index contributed by atoms with van der Waals surface area (Å²) in [5.41, 5.74) is 4.76. The van der Waals surface area contributed by atoms with E-state index in [1.807, 2.05) is 31.2 Å². The number of carbonyl (C=O) groups is 1. The zero-order valence-corrected chi connectivity index (χ0v) is 12.9. The summed E-state index contributed by atoms with van der Waals surface area (Å²) in [6.45, 7) is 2.46. The second-order valence-electron chi connectivity index (χ2n) is 4.56. The average Bonchev–Trinajstić information content (AvgIpc) is 2.83. The molecule has 0 aliphatic carbocycles. The van der Waals surface area contributed by atoms with Crippen LogP contribution in [0, 0.1) is 6.92 Å². The van der Waals surface area contributed by atoms with Crippen molar-refractivity contribution in [3.8, 4) is 0 Å². The van der Waals surface area contributed by atoms with E-state index in [1.165, 1.54) is 11.3 Å². The van der Waals surface area contributed by atoms with Gasteiger partial charge in [-0.15, -0.1) is 11.3 Å². The minimum atomic E-state index is -0.0776. The maximum atomic E-state index is 12.5. The molecule has 1 heterocycles. The fourth-order valence-electron chi connectivity index (χ4n) is 1.91. The van der Waals surface area contributed by atoms with Crippen molar-refractivity contribution in [3.63, 3.8) is 0 Å². The fraction of sp³-hybridized carbons (Fsp3) is 0.214. The number of rotatable bonds is 4. The maximum absolute atomic E-state index is 12.5. The minimum absolute atomic E-state index is 0.0776. The number of anilines is 1. The number of halogens is 1. The van der Waals surface area contributed by atoms with E-state index in [-0.39, 0.29) is 5.91 Å². The van der Waals surface area contributed by atoms with Gasteiger partial charge < -0.3 is 10.3 Å². The summed E-state index contributed by atoms with van der Waals surface area (Å²) in [5, 5.41) is 0. The highest BCUT2D eigenvalue weighted by molar-refractivity contribution is 7.16. The molecule has 0 aliphatic rings. The highest BCUT2D eigenvalue weighted by Crippen LogP contribution is 2.24. The number of hydrogen-bond acceptors (Lipinski definition) is 4. The Labute approximate surface area is 127 Å². The Morgan fingerprint density at radius 3 is 2.75 bits per heavy atom. The fourth-order valence-corrected chi connectivity index (χ4v) is 3.05. The molecule has 3 N–H and O–H groups in total. The van der Waals surface area contributed by atoms with Crippen LogP contribution in [-0.4, -0.2) is 17.9 Å². The number of hydrogen-bond donors (Lipinski definition) is 2. The van der Waals surface area contributed by atoms with E-state index in [0.717, 1.165) is 14.8 Å². The third-order valence-electron chi connectivity index (χ3n) is 2.93. The van der Waals surface area contributed by atoms with Gasteiger partial charge in [0.2, 0.25) is 0 Å². The number of nitrogens with zero attached hydrogens (tertiary/aromatic N) is 1. The van der Waals surface area contributed by atoms with Crippen LogP contribution in [0.3, 0.4) is 0 Å². The predicted molar refractivity (Wildman–Crippen MR) is 84.1 cm³/mol. The highest BCUT2D eigenvalue weighted by atomic mass is 35.5. The third kappa shape index (κ3) is 3.30. The van der Waals surface area contributed by atoms with E-state index in [0.29, 0.717) is 17.8 Å². The van der Waals surface area contributed by atoms with E-state index in [9.17, 15) is 4.79 Å². The molecule has 0 atom stereocenters. The first-order valence-corrected chi connectivity index (χ1v) is 7.27. The lowest BCUT2D eigenvalue weighted by atomic mass is 10.1. The molecule has 106 valence electrons. The Balaban J connectivity index is 2.20. The Morgan fingerprint density at radius 1 is 1.40 bits per heavy atom. The van der Waals surface area contributed by atoms with E-state index >= 15 is 0 Å². The number of hydrazine groups is 1. The molecule has 2 rings (SSSR count). The van der Waals surface area contributed by atoms with Gasteiger partial charge >= 0.3 is 0 Å². The minimum Gasteiger partial charge on any atom is -0.336 e. The molecule has 0 saturated heterocycles. The van der Waals surface area contributed by atoms with Gasteiger partial charge in [-0.3, -0.25) is 10.6 Å². The molecule has 1 amide bonds. The maximum Gasteiger partial charge on any atom is 0.256 e. The van der Waals surface area contributed by atoms with Crippen molar-refractivity contribution in [1.29, 1.82) is 0 Å². The SMILES string of the molecule is Cc1ccc(NN)c(C(=O)N(C)Cc2ccc(Cl)s2)c1. The molecule has 1 aromatic heterocycles. The Hall–Kier alpha value is -1.56. The quantitative estimate of drug-likeness (QED) is 0.673. The molecule has 4 nitrogen and oxygen atoms in total. The van der Waals surface area contributed by atoms with Crippen LogP contribution < -0.4 is 11.3 Å². The van der Waals surface area contributed by atoms with E-state index in [4.69, 9.17) is 17.4 Å². The Kier molecular flexibility index (Phi) is 4.65. The second-order valence-corrected chi connectivity index (χ2v) is 6.36. The van der Waals surface area contributed by atoms with Crippen LogP contribution in [0.25, 0.3) is 0 Å². The molecule has 0 spiro atoms. The van der Waals surface area contributed by atoms with Crippen molar-refractivity contribution in [2.75, 3.05) is 12.5 Å². The van der Waals surface area contributed by atoms with Gasteiger partial charge in [0, 0.05) is 11.9 Å². The smallest absolute Gasteiger partial charge is 0.256 e. The normalized spacial score (nSPS) is 10.4. The number of nitrogens with two attached hydrogens (primary N) is 1. The first-order chi connectivity index (χ1) is 9.51. The number of thiophene rings is 1. The summed E-state index contributed by atoms with van der Waals surface area (Å²) < 4.78 is 0.723. The molecule has 6 heteroatoms. The molecule has 0 aliphatic heterocycles. The van der Waals surface area contributed by atoms with E-state index in [1.54, 1.807) is 18.0 Å². The Morgan fingerprint density at radius 2 is 2.15 bits per heavy atom. The van der Waals surface area contributed by atoms with Crippen molar-refractivity contribution in [2.24, 2.45) is 5.84 Å². The van der Waals surface area contributed by atoms with Crippen LogP contribution >= 0.6 is 22.9 Å². The summed E-state index contributed by atoms with van der Waals surface area (Å²) in [4.78, 5) is 15.2. The monoisotopic (exact) mass is 309 g/mol. The molecule has 0 unspecified atom stereocenters. The third-order valence-corrected chi connectivity index (χ3v) is 4.15. The standard InChI is InChI=1S/C14H16ClN3OS/c1-9-3-5-12(17-16)11(7-9)14(19)18(2)8-10-4-6-13(15)20-10/h3-7,17H,8,16H2,1-2H3. The van der Waals surface area contributed by atoms with E-state index < -0.39 is 0 Å². The molecule has 0 saturated carbocycles. The first kappa shape index (κ1) is 14.8. The van der Waals surface area contributed by atoms with Gasteiger partial charge in [0.15, 0.2) is 0 Å². The molecular weight excluding hydrogens is 294 g/mol. The van der Waals surface area contributed by atoms with Crippen molar-refractivity contribution >= 4 is 34.5 Å². The lowest BCUT2D eigenvalue weighted by Gasteiger charge is -2.18. The summed E-state index contributed by atoms with van der Waals surface area (Å²) in [5.74, 6) is 5.38. The highest BCUT2D eigenvalue weighted by Gasteiger charge is 2.16. The average molecular weight is 310 g/mol. The summed E-state index contributed by atoms with van der Waals surface area (Å²) in [6, 6.07) is 9.30. The van der Waals surface area contributed by atoms with Gasteiger partial charge in [0.25, 0.3) is 5.91 Å². The molecule has 0 bridgehead atoms. The van der Waals surface area contributed by atoms with Crippen LogP contribution in [0.5, 0.6) is 0 Å². The van der Waals surface area contributed by atoms with Crippen LogP contribution in [0.2, 0.25) is 4.34 Å². The number of carbonyl (C=O) groups excluding carboxylic acids is 1. The van der Waals surface area contributed by atoms with Gasteiger partial charge in [0.1, 0.15) is 0 Å². The predicted octanol–water partition coefficient (Wildman–Crippen LogP) is 3.27. The van der Waals surface area contributed by atoms with Gasteiger partial charge in [-0.05, 0) is 31.2 Å². The first-order valence-electron chi connectivity index (χ1n) is 6.08. The van der Waals surface area contributed by atoms with Crippen LogP contribution in [0.1, 0.15) is 20.8 Å². The lowest BCUT2D eigenvalue weighted by molar-refractivity contribution is 0.0787. The van der Waals surface area contributed by atoms with Gasteiger partial charge in [0.05, 0.1) is 22.1 Å². The zero-order chi connectivity index (χ0) is 14.7. The summed E-state index contributed by atoms with van der Waals surface area (Å²) >= 11 is 7.37. The number of nitrogen functional groups attached to an aromatic ring is 1. The van der Waals surface area contributed by atoms with Crippen molar-refractivity contribution in [1.82, 2.24) is 4.90 Å². The number of benzene rings is 1. The van der Waals surface area contributed by atoms with E-state index in [2.05, 4.69) is 5.43 Å². The van der Waals surface area contributed by atoms with Crippen molar-refractivity contribution < 1.29 is 4.79 Å². The number of nitrogens with one attached hydrogen (secondary N) is 1. The number of amides is 1. The molecule has 2 aromatic rings.